The van der Waals surface area contributed by atoms with Gasteiger partial charge in [0.1, 0.15) is 5.75 Å². The highest BCUT2D eigenvalue weighted by Crippen LogP contribution is 2.34. The van der Waals surface area contributed by atoms with Crippen molar-refractivity contribution in [1.82, 2.24) is 10.2 Å². The predicted molar refractivity (Wildman–Crippen MR) is 111 cm³/mol. The first-order chi connectivity index (χ1) is 14.2. The van der Waals surface area contributed by atoms with Crippen molar-refractivity contribution < 1.29 is 19.1 Å². The molecule has 0 unspecified atom stereocenters. The Bertz CT molecular complexity index is 729. The minimum atomic E-state index is -0.195. The first-order valence-corrected chi connectivity index (χ1v) is 10.6. The molecule has 3 amide bonds. The number of amides is 3. The molecular formula is C21H30N4O4. The van der Waals surface area contributed by atoms with Crippen molar-refractivity contribution in [3.05, 3.63) is 18.2 Å². The molecule has 0 aromatic heterocycles. The standard InChI is InChI=1S/C21H30N4O4/c26-20-15-29-19-7-6-17(23-21(27)22-16-4-2-1-3-5-16)14-18(19)25(20)9-8-24-10-12-28-13-11-24/h6-7,14,16H,1-5,8-13,15H2,(H2,22,23,27). The number of benzene rings is 1. The molecule has 2 N–H and O–H groups in total. The van der Waals surface area contributed by atoms with Gasteiger partial charge in [0.25, 0.3) is 5.91 Å². The number of carbonyl (C=O) groups is 2. The number of hydrogen-bond donors (Lipinski definition) is 2. The minimum Gasteiger partial charge on any atom is -0.482 e. The van der Waals surface area contributed by atoms with E-state index >= 15 is 0 Å². The minimum absolute atomic E-state index is 0.0467. The van der Waals surface area contributed by atoms with E-state index in [1.165, 1.54) is 19.3 Å². The van der Waals surface area contributed by atoms with E-state index in [1.807, 2.05) is 18.2 Å². The van der Waals surface area contributed by atoms with Gasteiger partial charge in [-0.2, -0.15) is 0 Å². The Morgan fingerprint density at radius 1 is 1.10 bits per heavy atom. The number of fused-ring (bicyclic) bond motifs is 1. The Morgan fingerprint density at radius 3 is 2.69 bits per heavy atom. The fourth-order valence-electron chi connectivity index (χ4n) is 4.19. The molecule has 0 atom stereocenters. The van der Waals surface area contributed by atoms with E-state index in [-0.39, 0.29) is 24.6 Å². The van der Waals surface area contributed by atoms with Crippen LogP contribution >= 0.6 is 0 Å². The molecule has 0 spiro atoms. The summed E-state index contributed by atoms with van der Waals surface area (Å²) in [6.45, 7) is 4.66. The van der Waals surface area contributed by atoms with Crippen LogP contribution in [0.2, 0.25) is 0 Å². The van der Waals surface area contributed by atoms with Crippen LogP contribution in [-0.4, -0.2) is 68.9 Å². The van der Waals surface area contributed by atoms with Crippen LogP contribution in [0.5, 0.6) is 5.75 Å². The van der Waals surface area contributed by atoms with Gasteiger partial charge < -0.3 is 25.0 Å². The molecule has 1 saturated heterocycles. The number of nitrogens with zero attached hydrogens (tertiary/aromatic N) is 2. The number of ether oxygens (including phenoxy) is 2. The van der Waals surface area contributed by atoms with Gasteiger partial charge in [0.15, 0.2) is 6.61 Å². The maximum absolute atomic E-state index is 12.5. The predicted octanol–water partition coefficient (Wildman–Crippen LogP) is 2.20. The van der Waals surface area contributed by atoms with Gasteiger partial charge in [0.05, 0.1) is 18.9 Å². The SMILES string of the molecule is O=C(Nc1ccc2c(c1)N(CCN1CCOCC1)C(=O)CO2)NC1CCCCC1. The Labute approximate surface area is 171 Å². The van der Waals surface area contributed by atoms with Crippen LogP contribution < -0.4 is 20.3 Å². The lowest BCUT2D eigenvalue weighted by Crippen LogP contribution is -2.46. The van der Waals surface area contributed by atoms with Gasteiger partial charge in [-0.15, -0.1) is 0 Å². The lowest BCUT2D eigenvalue weighted by atomic mass is 9.96. The summed E-state index contributed by atoms with van der Waals surface area (Å²) in [5.74, 6) is 0.611. The van der Waals surface area contributed by atoms with E-state index in [4.69, 9.17) is 9.47 Å². The summed E-state index contributed by atoms with van der Waals surface area (Å²) < 4.78 is 11.0. The van der Waals surface area contributed by atoms with Crippen molar-refractivity contribution >= 4 is 23.3 Å². The average molecular weight is 402 g/mol. The quantitative estimate of drug-likeness (QED) is 0.789. The summed E-state index contributed by atoms with van der Waals surface area (Å²) in [5, 5.41) is 5.96. The molecule has 0 bridgehead atoms. The maximum Gasteiger partial charge on any atom is 0.319 e. The van der Waals surface area contributed by atoms with E-state index in [2.05, 4.69) is 15.5 Å². The van der Waals surface area contributed by atoms with Crippen LogP contribution in [0.3, 0.4) is 0 Å². The lowest BCUT2D eigenvalue weighted by Gasteiger charge is -2.33. The summed E-state index contributed by atoms with van der Waals surface area (Å²) in [4.78, 5) is 28.9. The number of urea groups is 1. The van der Waals surface area contributed by atoms with E-state index < -0.39 is 0 Å². The normalized spacial score (nSPS) is 20.7. The van der Waals surface area contributed by atoms with Gasteiger partial charge in [-0.1, -0.05) is 19.3 Å². The molecule has 8 heteroatoms. The number of rotatable bonds is 5. The number of hydrogen-bond acceptors (Lipinski definition) is 5. The van der Waals surface area contributed by atoms with Gasteiger partial charge in [0, 0.05) is 37.9 Å². The number of morpholine rings is 1. The Kier molecular flexibility index (Phi) is 6.51. The van der Waals surface area contributed by atoms with Gasteiger partial charge in [-0.3, -0.25) is 9.69 Å². The fraction of sp³-hybridized carbons (Fsp3) is 0.619. The molecule has 1 aromatic rings. The van der Waals surface area contributed by atoms with Crippen LogP contribution in [0.15, 0.2) is 18.2 Å². The molecule has 3 aliphatic rings. The maximum atomic E-state index is 12.5. The molecule has 8 nitrogen and oxygen atoms in total. The molecule has 29 heavy (non-hydrogen) atoms. The molecule has 2 heterocycles. The van der Waals surface area contributed by atoms with Crippen LogP contribution in [0.4, 0.5) is 16.2 Å². The smallest absolute Gasteiger partial charge is 0.319 e. The van der Waals surface area contributed by atoms with Crippen LogP contribution in [-0.2, 0) is 9.53 Å². The molecule has 0 radical (unpaired) electrons. The fourth-order valence-corrected chi connectivity index (χ4v) is 4.19. The Morgan fingerprint density at radius 2 is 1.90 bits per heavy atom. The van der Waals surface area contributed by atoms with Gasteiger partial charge in [-0.25, -0.2) is 4.79 Å². The highest BCUT2D eigenvalue weighted by Gasteiger charge is 2.27. The largest absolute Gasteiger partial charge is 0.482 e. The second kappa shape index (κ2) is 9.45. The summed E-state index contributed by atoms with van der Waals surface area (Å²) in [6, 6.07) is 5.51. The average Bonchev–Trinajstić information content (AvgIpc) is 2.74. The van der Waals surface area contributed by atoms with Crippen molar-refractivity contribution in [1.29, 1.82) is 0 Å². The molecule has 1 saturated carbocycles. The van der Waals surface area contributed by atoms with Gasteiger partial charge in [0.2, 0.25) is 0 Å². The molecule has 4 rings (SSSR count). The zero-order chi connectivity index (χ0) is 20.1. The van der Waals surface area contributed by atoms with Crippen LogP contribution in [0.1, 0.15) is 32.1 Å². The molecule has 1 aromatic carbocycles. The van der Waals surface area contributed by atoms with Crippen molar-refractivity contribution in [3.8, 4) is 5.75 Å². The highest BCUT2D eigenvalue weighted by atomic mass is 16.5. The van der Waals surface area contributed by atoms with Gasteiger partial charge in [-0.05, 0) is 31.0 Å². The van der Waals surface area contributed by atoms with Crippen molar-refractivity contribution in [2.45, 2.75) is 38.1 Å². The highest BCUT2D eigenvalue weighted by molar-refractivity contribution is 5.99. The third kappa shape index (κ3) is 5.19. The van der Waals surface area contributed by atoms with E-state index in [0.29, 0.717) is 23.7 Å². The molecular weight excluding hydrogens is 372 g/mol. The van der Waals surface area contributed by atoms with Crippen molar-refractivity contribution in [2.24, 2.45) is 0 Å². The van der Waals surface area contributed by atoms with Crippen molar-refractivity contribution in [2.75, 3.05) is 56.2 Å². The second-order valence-electron chi connectivity index (χ2n) is 7.90. The lowest BCUT2D eigenvalue weighted by molar-refractivity contribution is -0.121. The monoisotopic (exact) mass is 402 g/mol. The zero-order valence-electron chi connectivity index (χ0n) is 16.8. The topological polar surface area (TPSA) is 83.1 Å². The Balaban J connectivity index is 1.40. The van der Waals surface area contributed by atoms with E-state index in [1.54, 1.807) is 4.90 Å². The molecule has 2 aliphatic heterocycles. The molecule has 1 aliphatic carbocycles. The number of anilines is 2. The van der Waals surface area contributed by atoms with E-state index in [9.17, 15) is 9.59 Å². The first kappa shape index (κ1) is 20.0. The number of carbonyl (C=O) groups excluding carboxylic acids is 2. The third-order valence-corrected chi connectivity index (χ3v) is 5.84. The summed E-state index contributed by atoms with van der Waals surface area (Å²) >= 11 is 0. The molecule has 158 valence electrons. The number of nitrogens with one attached hydrogen (secondary N) is 2. The Hall–Kier alpha value is -2.32. The van der Waals surface area contributed by atoms with Gasteiger partial charge >= 0.3 is 6.03 Å². The summed E-state index contributed by atoms with van der Waals surface area (Å²) in [7, 11) is 0. The van der Waals surface area contributed by atoms with Crippen LogP contribution in [0.25, 0.3) is 0 Å². The third-order valence-electron chi connectivity index (χ3n) is 5.84. The zero-order valence-corrected chi connectivity index (χ0v) is 16.8. The summed E-state index contributed by atoms with van der Waals surface area (Å²) in [6.07, 6.45) is 5.66. The second-order valence-corrected chi connectivity index (χ2v) is 7.90. The van der Waals surface area contributed by atoms with E-state index in [0.717, 1.165) is 45.7 Å². The van der Waals surface area contributed by atoms with Crippen LogP contribution in [0, 0.1) is 0 Å². The first-order valence-electron chi connectivity index (χ1n) is 10.6. The van der Waals surface area contributed by atoms with Crippen molar-refractivity contribution in [3.63, 3.8) is 0 Å². The summed E-state index contributed by atoms with van der Waals surface area (Å²) in [5.41, 5.74) is 1.37. The molecule has 2 fully saturated rings.